The Morgan fingerprint density at radius 2 is 1.56 bits per heavy atom. The number of hydrogen-bond donors (Lipinski definition) is 3. The van der Waals surface area contributed by atoms with Crippen LogP contribution in [0.5, 0.6) is 0 Å². The van der Waals surface area contributed by atoms with Gasteiger partial charge in [0.2, 0.25) is 0 Å². The van der Waals surface area contributed by atoms with E-state index in [0.29, 0.717) is 51.4 Å². The fourth-order valence-electron chi connectivity index (χ4n) is 11.1. The first kappa shape index (κ1) is 39.4. The summed E-state index contributed by atoms with van der Waals surface area (Å²) in [5.41, 5.74) is -3.89. The van der Waals surface area contributed by atoms with E-state index in [1.807, 2.05) is 49.5 Å². The van der Waals surface area contributed by atoms with Crippen molar-refractivity contribution in [3.63, 3.8) is 0 Å². The maximum absolute atomic E-state index is 11.3. The highest BCUT2D eigenvalue weighted by Gasteiger charge is 2.64. The SMILES string of the molecule is C=CC/C=C\C=C/[C@H]1O[C@H]2C[C@H]3O[C@H]4CC[C@H]5O[C@H]6C[C@@]7(C)O[C@@]8(C)[C@@H](O)C[C@H](CCCO)O[C@@H]8C[C@@H]7O[C@@H]6C[C@H]5O[C@]4(C)C[C@]3(C)O[C@@H]2C=C[C@]1(C)O. The van der Waals surface area contributed by atoms with Gasteiger partial charge in [0.25, 0.3) is 0 Å². The van der Waals surface area contributed by atoms with Gasteiger partial charge in [0.05, 0.1) is 83.9 Å². The summed E-state index contributed by atoms with van der Waals surface area (Å²) in [6, 6.07) is 0. The second-order valence-corrected chi connectivity index (χ2v) is 18.5. The molecule has 0 saturated carbocycles. The van der Waals surface area contributed by atoms with Crippen LogP contribution >= 0.6 is 0 Å². The third-order valence-electron chi connectivity index (χ3n) is 14.1. The summed E-state index contributed by atoms with van der Waals surface area (Å²) in [5.74, 6) is 0. The number of fused-ring (bicyclic) bond motifs is 7. The lowest BCUT2D eigenvalue weighted by Gasteiger charge is -2.61. The molecule has 8 heterocycles. The molecule has 0 bridgehead atoms. The van der Waals surface area contributed by atoms with Crippen LogP contribution in [0.1, 0.15) is 105 Å². The summed E-state index contributed by atoms with van der Waals surface area (Å²) >= 11 is 0. The first-order valence-corrected chi connectivity index (χ1v) is 20.6. The predicted molar refractivity (Wildman–Crippen MR) is 200 cm³/mol. The monoisotopic (exact) mass is 756 g/mol. The molecule has 11 nitrogen and oxygen atoms in total. The van der Waals surface area contributed by atoms with E-state index < -0.39 is 40.2 Å². The fraction of sp³-hybridized carbons (Fsp3) is 0.814. The van der Waals surface area contributed by atoms with Gasteiger partial charge in [-0.05, 0) is 66.7 Å². The summed E-state index contributed by atoms with van der Waals surface area (Å²) in [5, 5.41) is 32.1. The molecule has 54 heavy (non-hydrogen) atoms. The number of allylic oxidation sites excluding steroid dienone is 4. The van der Waals surface area contributed by atoms with Gasteiger partial charge in [-0.3, -0.25) is 0 Å². The molecule has 18 atom stereocenters. The lowest BCUT2D eigenvalue weighted by atomic mass is 9.72. The number of rotatable bonds is 7. The molecule has 8 aliphatic heterocycles. The second kappa shape index (κ2) is 14.7. The van der Waals surface area contributed by atoms with Crippen molar-refractivity contribution in [2.24, 2.45) is 0 Å². The molecule has 0 radical (unpaired) electrons. The van der Waals surface area contributed by atoms with E-state index in [2.05, 4.69) is 27.4 Å². The lowest BCUT2D eigenvalue weighted by molar-refractivity contribution is -0.369. The van der Waals surface area contributed by atoms with Gasteiger partial charge in [-0.25, -0.2) is 0 Å². The number of hydrogen-bond acceptors (Lipinski definition) is 11. The Bertz CT molecular complexity index is 1460. The van der Waals surface area contributed by atoms with Crippen molar-refractivity contribution in [2.75, 3.05) is 6.61 Å². The summed E-state index contributed by atoms with van der Waals surface area (Å²) in [6.07, 6.45) is 17.5. The fourth-order valence-corrected chi connectivity index (χ4v) is 11.1. The van der Waals surface area contributed by atoms with Gasteiger partial charge in [-0.1, -0.05) is 42.5 Å². The molecule has 8 rings (SSSR count). The summed E-state index contributed by atoms with van der Waals surface area (Å²) in [6.45, 7) is 14.0. The minimum Gasteiger partial charge on any atom is -0.396 e. The van der Waals surface area contributed by atoms with E-state index in [9.17, 15) is 15.3 Å². The van der Waals surface area contributed by atoms with Crippen molar-refractivity contribution in [1.29, 1.82) is 0 Å². The van der Waals surface area contributed by atoms with Crippen molar-refractivity contribution >= 4 is 0 Å². The molecule has 0 aromatic carbocycles. The van der Waals surface area contributed by atoms with Crippen LogP contribution < -0.4 is 0 Å². The van der Waals surface area contributed by atoms with Crippen LogP contribution in [0.4, 0.5) is 0 Å². The van der Waals surface area contributed by atoms with E-state index in [-0.39, 0.29) is 73.8 Å². The van der Waals surface area contributed by atoms with E-state index >= 15 is 0 Å². The second-order valence-electron chi connectivity index (χ2n) is 18.5. The lowest BCUT2D eigenvalue weighted by Crippen LogP contribution is -2.72. The number of ether oxygens (including phenoxy) is 8. The molecule has 7 saturated heterocycles. The average molecular weight is 757 g/mol. The van der Waals surface area contributed by atoms with Crippen LogP contribution in [-0.2, 0) is 37.9 Å². The third kappa shape index (κ3) is 7.16. The highest BCUT2D eigenvalue weighted by molar-refractivity contribution is 5.20. The zero-order valence-electron chi connectivity index (χ0n) is 32.8. The minimum atomic E-state index is -1.19. The topological polar surface area (TPSA) is 135 Å². The standard InChI is InChI=1S/C43H64O11/c1-7-8-9-10-11-14-34-39(2,46)18-17-28-30(49-34)22-36-42(5,52-28)25-41(4)35(51-36)16-15-27-31(53-41)21-29-32(48-27)24-40(3)37(50-29)23-38-43(6,54-40)33(45)20-26(47-38)13-12-19-44/h7,9-11,14,17-18,26-38,44-46H,1,8,12-13,15-16,19-25H2,2-6H3/b10-9-,14-11-/t26-,27+,28+,29+,30-,31+,32-,33-,34+,35-,36+,37-,38+,39-,40+,41+,42-,43-/m0/s1. The van der Waals surface area contributed by atoms with Crippen LogP contribution in [0, 0.1) is 0 Å². The first-order chi connectivity index (χ1) is 25.7. The van der Waals surface area contributed by atoms with Crippen LogP contribution in [0.15, 0.2) is 49.1 Å². The van der Waals surface area contributed by atoms with Gasteiger partial charge in [-0.2, -0.15) is 0 Å². The van der Waals surface area contributed by atoms with Crippen LogP contribution in [0.2, 0.25) is 0 Å². The minimum absolute atomic E-state index is 0.104. The number of aliphatic hydroxyl groups excluding tert-OH is 2. The Hall–Kier alpha value is -1.48. The first-order valence-electron chi connectivity index (χ1n) is 20.6. The molecule has 0 aliphatic carbocycles. The Balaban J connectivity index is 0.950. The molecule has 11 heteroatoms. The molecule has 0 amide bonds. The largest absolute Gasteiger partial charge is 0.396 e. The van der Waals surface area contributed by atoms with Crippen molar-refractivity contribution in [3.05, 3.63) is 49.1 Å². The smallest absolute Gasteiger partial charge is 0.118 e. The van der Waals surface area contributed by atoms with Gasteiger partial charge in [0.1, 0.15) is 23.4 Å². The molecular weight excluding hydrogens is 692 g/mol. The maximum atomic E-state index is 11.3. The number of aliphatic hydroxyl groups is 3. The van der Waals surface area contributed by atoms with Crippen molar-refractivity contribution in [1.82, 2.24) is 0 Å². The normalized spacial score (nSPS) is 54.2. The van der Waals surface area contributed by atoms with Crippen LogP contribution in [0.25, 0.3) is 0 Å². The molecular formula is C43H64O11. The van der Waals surface area contributed by atoms with Gasteiger partial charge >= 0.3 is 0 Å². The van der Waals surface area contributed by atoms with Gasteiger partial charge in [0.15, 0.2) is 0 Å². The van der Waals surface area contributed by atoms with E-state index in [4.69, 9.17) is 37.9 Å². The van der Waals surface area contributed by atoms with Crippen molar-refractivity contribution in [2.45, 2.75) is 213 Å². The van der Waals surface area contributed by atoms with Crippen LogP contribution in [-0.4, -0.2) is 129 Å². The third-order valence-corrected chi connectivity index (χ3v) is 14.1. The molecule has 0 spiro atoms. The highest BCUT2D eigenvalue weighted by atomic mass is 16.6. The molecule has 0 aromatic rings. The van der Waals surface area contributed by atoms with Crippen LogP contribution in [0.3, 0.4) is 0 Å². The summed E-state index contributed by atoms with van der Waals surface area (Å²) in [4.78, 5) is 0. The Morgan fingerprint density at radius 3 is 2.35 bits per heavy atom. The van der Waals surface area contributed by atoms with Crippen molar-refractivity contribution < 1.29 is 53.2 Å². The van der Waals surface area contributed by atoms with Gasteiger partial charge in [-0.15, -0.1) is 6.58 Å². The summed E-state index contributed by atoms with van der Waals surface area (Å²) in [7, 11) is 0. The van der Waals surface area contributed by atoms with Gasteiger partial charge in [0, 0.05) is 45.1 Å². The molecule has 3 N–H and O–H groups in total. The average Bonchev–Trinajstić information content (AvgIpc) is 3.31. The highest BCUT2D eigenvalue weighted by Crippen LogP contribution is 2.54. The molecule has 0 unspecified atom stereocenters. The predicted octanol–water partition coefficient (Wildman–Crippen LogP) is 4.94. The van der Waals surface area contributed by atoms with Crippen molar-refractivity contribution in [3.8, 4) is 0 Å². The quantitative estimate of drug-likeness (QED) is 0.241. The molecule has 7 fully saturated rings. The molecule has 8 aliphatic rings. The summed E-state index contributed by atoms with van der Waals surface area (Å²) < 4.78 is 54.9. The zero-order valence-corrected chi connectivity index (χ0v) is 32.8. The Labute approximate surface area is 321 Å². The van der Waals surface area contributed by atoms with E-state index in [0.717, 1.165) is 19.3 Å². The Morgan fingerprint density at radius 1 is 0.759 bits per heavy atom. The van der Waals surface area contributed by atoms with Gasteiger partial charge < -0.3 is 53.2 Å². The maximum Gasteiger partial charge on any atom is 0.118 e. The molecule has 302 valence electrons. The Kier molecular flexibility index (Phi) is 10.7. The molecule has 0 aromatic heterocycles. The van der Waals surface area contributed by atoms with E-state index in [1.165, 1.54) is 0 Å². The van der Waals surface area contributed by atoms with E-state index in [1.54, 1.807) is 6.92 Å². The zero-order chi connectivity index (χ0) is 38.1.